The summed E-state index contributed by atoms with van der Waals surface area (Å²) in [6.45, 7) is 0. The van der Waals surface area contributed by atoms with Crippen molar-refractivity contribution in [2.45, 2.75) is 0 Å². The second-order valence-corrected chi connectivity index (χ2v) is 4.94. The van der Waals surface area contributed by atoms with Crippen molar-refractivity contribution in [3.63, 3.8) is 0 Å². The minimum absolute atomic E-state index is 0.356. The standard InChI is InChI=1S/C20H14NO2/c22-19(16-10-4-1-5-11-16)21(18-14-8-3-9-15-18)20(23)17-12-6-2-7-13-17/h1-2,4-15H. The van der Waals surface area contributed by atoms with Gasteiger partial charge in [0, 0.05) is 11.1 Å². The zero-order valence-corrected chi connectivity index (χ0v) is 12.3. The molecule has 0 spiro atoms. The highest BCUT2D eigenvalue weighted by molar-refractivity contribution is 6.25. The molecular weight excluding hydrogens is 286 g/mol. The molecule has 3 rings (SSSR count). The van der Waals surface area contributed by atoms with E-state index < -0.39 is 0 Å². The Morgan fingerprint density at radius 1 is 0.652 bits per heavy atom. The molecule has 0 aromatic heterocycles. The number of anilines is 1. The second kappa shape index (κ2) is 6.71. The number of carbonyl (C=O) groups excluding carboxylic acids is 2. The Hall–Kier alpha value is -3.20. The average molecular weight is 300 g/mol. The number of hydrogen-bond acceptors (Lipinski definition) is 2. The molecule has 111 valence electrons. The van der Waals surface area contributed by atoms with Crippen LogP contribution in [0.1, 0.15) is 20.7 Å². The molecule has 0 bridgehead atoms. The van der Waals surface area contributed by atoms with E-state index in [0.29, 0.717) is 16.8 Å². The topological polar surface area (TPSA) is 37.4 Å². The van der Waals surface area contributed by atoms with E-state index in [-0.39, 0.29) is 11.8 Å². The van der Waals surface area contributed by atoms with Crippen LogP contribution >= 0.6 is 0 Å². The lowest BCUT2D eigenvalue weighted by Gasteiger charge is -2.21. The summed E-state index contributed by atoms with van der Waals surface area (Å²) in [5.41, 5.74) is 1.45. The molecular formula is C20H14NO2. The third-order valence-electron chi connectivity index (χ3n) is 3.41. The molecule has 0 fully saturated rings. The average Bonchev–Trinajstić information content (AvgIpc) is 2.64. The summed E-state index contributed by atoms with van der Waals surface area (Å²) in [6.07, 6.45) is 0. The van der Waals surface area contributed by atoms with Gasteiger partial charge in [-0.2, -0.15) is 0 Å². The van der Waals surface area contributed by atoms with Gasteiger partial charge >= 0.3 is 0 Å². The van der Waals surface area contributed by atoms with E-state index >= 15 is 0 Å². The molecule has 3 aromatic carbocycles. The van der Waals surface area contributed by atoms with Gasteiger partial charge in [0.2, 0.25) is 0 Å². The number of carbonyl (C=O) groups is 2. The van der Waals surface area contributed by atoms with Gasteiger partial charge in [-0.3, -0.25) is 9.59 Å². The van der Waals surface area contributed by atoms with Crippen molar-refractivity contribution in [2.24, 2.45) is 0 Å². The largest absolute Gasteiger partial charge is 0.268 e. The van der Waals surface area contributed by atoms with Crippen LogP contribution in [-0.4, -0.2) is 11.8 Å². The molecule has 0 saturated heterocycles. The van der Waals surface area contributed by atoms with Crippen molar-refractivity contribution in [3.05, 3.63) is 102 Å². The van der Waals surface area contributed by atoms with Gasteiger partial charge < -0.3 is 0 Å². The van der Waals surface area contributed by atoms with E-state index in [9.17, 15) is 9.59 Å². The Kier molecular flexibility index (Phi) is 4.29. The molecule has 3 aromatic rings. The van der Waals surface area contributed by atoms with Gasteiger partial charge in [0.05, 0.1) is 5.69 Å². The quantitative estimate of drug-likeness (QED) is 0.686. The van der Waals surface area contributed by atoms with Gasteiger partial charge in [0.25, 0.3) is 11.8 Å². The molecule has 0 heterocycles. The summed E-state index contributed by atoms with van der Waals surface area (Å²) in [6, 6.07) is 27.2. The lowest BCUT2D eigenvalue weighted by molar-refractivity contribution is 0.0897. The highest BCUT2D eigenvalue weighted by Gasteiger charge is 2.25. The molecule has 0 saturated carbocycles. The zero-order valence-electron chi connectivity index (χ0n) is 12.3. The van der Waals surface area contributed by atoms with E-state index in [4.69, 9.17) is 0 Å². The Bertz CT molecular complexity index is 747. The van der Waals surface area contributed by atoms with Crippen molar-refractivity contribution < 1.29 is 9.59 Å². The fourth-order valence-electron chi connectivity index (χ4n) is 2.27. The third-order valence-corrected chi connectivity index (χ3v) is 3.41. The third kappa shape index (κ3) is 3.19. The summed E-state index contributed by atoms with van der Waals surface area (Å²) in [5, 5.41) is 0. The Labute approximate surface area is 134 Å². The first-order valence-corrected chi connectivity index (χ1v) is 7.22. The molecule has 3 nitrogen and oxygen atoms in total. The van der Waals surface area contributed by atoms with Crippen molar-refractivity contribution in [1.29, 1.82) is 0 Å². The lowest BCUT2D eigenvalue weighted by atomic mass is 10.1. The van der Waals surface area contributed by atoms with Crippen molar-refractivity contribution in [1.82, 2.24) is 0 Å². The van der Waals surface area contributed by atoms with Gasteiger partial charge in [0.1, 0.15) is 0 Å². The highest BCUT2D eigenvalue weighted by Crippen LogP contribution is 2.20. The Morgan fingerprint density at radius 2 is 1.09 bits per heavy atom. The van der Waals surface area contributed by atoms with Crippen molar-refractivity contribution in [2.75, 3.05) is 4.90 Å². The normalized spacial score (nSPS) is 10.1. The van der Waals surface area contributed by atoms with Crippen LogP contribution in [0.25, 0.3) is 0 Å². The van der Waals surface area contributed by atoms with E-state index in [2.05, 4.69) is 6.07 Å². The molecule has 0 aliphatic heterocycles. The summed E-state index contributed by atoms with van der Waals surface area (Å²) in [4.78, 5) is 26.9. The van der Waals surface area contributed by atoms with Crippen LogP contribution in [0.4, 0.5) is 5.69 Å². The second-order valence-electron chi connectivity index (χ2n) is 4.94. The fourth-order valence-corrected chi connectivity index (χ4v) is 2.27. The molecule has 0 aliphatic rings. The molecule has 0 atom stereocenters. The van der Waals surface area contributed by atoms with Crippen LogP contribution in [-0.2, 0) is 0 Å². The predicted octanol–water partition coefficient (Wildman–Crippen LogP) is 3.97. The van der Waals surface area contributed by atoms with E-state index in [0.717, 1.165) is 0 Å². The SMILES string of the molecule is O=C(c1ccccc1)N(C(=O)c1ccccc1)c1cc[c]cc1. The summed E-state index contributed by atoms with van der Waals surface area (Å²) in [5.74, 6) is -0.712. The van der Waals surface area contributed by atoms with Crippen LogP contribution in [0.5, 0.6) is 0 Å². The van der Waals surface area contributed by atoms with Crippen molar-refractivity contribution >= 4 is 17.5 Å². The summed E-state index contributed by atoms with van der Waals surface area (Å²) < 4.78 is 0. The number of imide groups is 1. The van der Waals surface area contributed by atoms with Crippen molar-refractivity contribution in [3.8, 4) is 0 Å². The van der Waals surface area contributed by atoms with Gasteiger partial charge in [-0.05, 0) is 42.5 Å². The smallest absolute Gasteiger partial charge is 0.265 e. The van der Waals surface area contributed by atoms with Crippen LogP contribution < -0.4 is 4.90 Å². The number of rotatable bonds is 3. The molecule has 23 heavy (non-hydrogen) atoms. The van der Waals surface area contributed by atoms with Gasteiger partial charge in [-0.15, -0.1) is 0 Å². The van der Waals surface area contributed by atoms with Crippen LogP contribution in [0.15, 0.2) is 84.9 Å². The molecule has 1 radical (unpaired) electrons. The lowest BCUT2D eigenvalue weighted by Crippen LogP contribution is -2.37. The Balaban J connectivity index is 2.05. The number of benzene rings is 3. The van der Waals surface area contributed by atoms with Crippen LogP contribution in [0, 0.1) is 6.07 Å². The maximum absolute atomic E-state index is 12.9. The molecule has 0 unspecified atom stereocenters. The van der Waals surface area contributed by atoms with Gasteiger partial charge in [0.15, 0.2) is 0 Å². The monoisotopic (exact) mass is 300 g/mol. The fraction of sp³-hybridized carbons (Fsp3) is 0. The first-order valence-electron chi connectivity index (χ1n) is 7.22. The van der Waals surface area contributed by atoms with E-state index in [1.165, 1.54) is 4.90 Å². The minimum Gasteiger partial charge on any atom is -0.268 e. The maximum atomic E-state index is 12.9. The highest BCUT2D eigenvalue weighted by atomic mass is 16.2. The molecule has 3 heteroatoms. The Morgan fingerprint density at radius 3 is 1.52 bits per heavy atom. The predicted molar refractivity (Wildman–Crippen MR) is 89.3 cm³/mol. The number of amides is 2. The van der Waals surface area contributed by atoms with Gasteiger partial charge in [-0.1, -0.05) is 48.5 Å². The summed E-state index contributed by atoms with van der Waals surface area (Å²) in [7, 11) is 0. The zero-order chi connectivity index (χ0) is 16.1. The minimum atomic E-state index is -0.356. The van der Waals surface area contributed by atoms with Gasteiger partial charge in [-0.25, -0.2) is 4.90 Å². The summed E-state index contributed by atoms with van der Waals surface area (Å²) >= 11 is 0. The molecule has 0 aliphatic carbocycles. The number of nitrogens with zero attached hydrogens (tertiary/aromatic N) is 1. The molecule has 0 N–H and O–H groups in total. The first-order chi connectivity index (χ1) is 11.3. The van der Waals surface area contributed by atoms with E-state index in [1.807, 2.05) is 12.1 Å². The van der Waals surface area contributed by atoms with E-state index in [1.54, 1.807) is 72.8 Å². The number of hydrogen-bond donors (Lipinski definition) is 0. The first kappa shape index (κ1) is 14.7. The van der Waals surface area contributed by atoms with Crippen LogP contribution in [0.3, 0.4) is 0 Å². The maximum Gasteiger partial charge on any atom is 0.265 e. The molecule has 2 amide bonds. The van der Waals surface area contributed by atoms with Crippen LogP contribution in [0.2, 0.25) is 0 Å².